The van der Waals surface area contributed by atoms with E-state index in [0.717, 1.165) is 5.56 Å². The Morgan fingerprint density at radius 1 is 1.37 bits per heavy atom. The second-order valence-electron chi connectivity index (χ2n) is 6.35. The van der Waals surface area contributed by atoms with Crippen molar-refractivity contribution >= 4 is 17.6 Å². The monoisotopic (exact) mass is 367 g/mol. The van der Waals surface area contributed by atoms with Crippen molar-refractivity contribution in [1.82, 2.24) is 9.72 Å². The van der Waals surface area contributed by atoms with E-state index in [1.54, 1.807) is 24.7 Å². The molecular weight excluding hydrogens is 350 g/mol. The highest BCUT2D eigenvalue weighted by atomic mass is 16.5. The standard InChI is InChI=1S/C19H17N3O5/c1-10-7-15(21-27-10)22-9-14(19(24)25)17-18(22)13(8-16(23)20-17)11-3-5-12(26-2)6-4-11/h3-7,9,13H,8H2,1-2H3,(H,20,23)(H,24,25). The number of hydrogen-bond acceptors (Lipinski definition) is 5. The number of nitrogens with one attached hydrogen (secondary N) is 1. The summed E-state index contributed by atoms with van der Waals surface area (Å²) in [7, 11) is 1.58. The molecule has 3 aromatic rings. The second-order valence-corrected chi connectivity index (χ2v) is 6.35. The van der Waals surface area contributed by atoms with Gasteiger partial charge in [0.2, 0.25) is 5.91 Å². The van der Waals surface area contributed by atoms with E-state index in [1.165, 1.54) is 6.20 Å². The summed E-state index contributed by atoms with van der Waals surface area (Å²) in [6, 6.07) is 9.09. The zero-order chi connectivity index (χ0) is 19.1. The number of carbonyl (C=O) groups is 2. The lowest BCUT2D eigenvalue weighted by molar-refractivity contribution is -0.116. The summed E-state index contributed by atoms with van der Waals surface area (Å²) >= 11 is 0. The summed E-state index contributed by atoms with van der Waals surface area (Å²) in [5, 5.41) is 16.3. The number of aromatic carboxylic acids is 1. The Hall–Kier alpha value is -3.55. The molecule has 0 saturated heterocycles. The van der Waals surface area contributed by atoms with Crippen LogP contribution in [0, 0.1) is 6.92 Å². The molecule has 1 unspecified atom stereocenters. The van der Waals surface area contributed by atoms with Gasteiger partial charge in [0.1, 0.15) is 17.1 Å². The minimum absolute atomic E-state index is 0.0113. The maximum Gasteiger partial charge on any atom is 0.339 e. The number of ether oxygens (including phenoxy) is 1. The maximum atomic E-state index is 12.3. The van der Waals surface area contributed by atoms with Crippen LogP contribution in [0.1, 0.15) is 39.7 Å². The zero-order valence-electron chi connectivity index (χ0n) is 14.7. The van der Waals surface area contributed by atoms with Gasteiger partial charge in [-0.05, 0) is 24.6 Å². The molecule has 2 N–H and O–H groups in total. The van der Waals surface area contributed by atoms with E-state index < -0.39 is 5.97 Å². The lowest BCUT2D eigenvalue weighted by Crippen LogP contribution is -2.25. The van der Waals surface area contributed by atoms with Crippen molar-refractivity contribution in [3.05, 3.63) is 59.1 Å². The Labute approximate surface area is 154 Å². The molecular formula is C19H17N3O5. The second kappa shape index (κ2) is 6.31. The van der Waals surface area contributed by atoms with Gasteiger partial charge >= 0.3 is 5.97 Å². The Morgan fingerprint density at radius 3 is 2.70 bits per heavy atom. The Morgan fingerprint density at radius 2 is 2.11 bits per heavy atom. The normalized spacial score (nSPS) is 15.9. The van der Waals surface area contributed by atoms with Crippen molar-refractivity contribution in [2.24, 2.45) is 0 Å². The zero-order valence-corrected chi connectivity index (χ0v) is 14.7. The van der Waals surface area contributed by atoms with Crippen LogP contribution in [0.15, 0.2) is 41.1 Å². The van der Waals surface area contributed by atoms with Crippen LogP contribution in [0.25, 0.3) is 5.82 Å². The Bertz CT molecular complexity index is 1030. The minimum atomic E-state index is -1.12. The number of benzene rings is 1. The third-order valence-corrected chi connectivity index (χ3v) is 4.64. The number of amides is 1. The van der Waals surface area contributed by atoms with E-state index >= 15 is 0 Å². The number of aromatic nitrogens is 2. The largest absolute Gasteiger partial charge is 0.497 e. The van der Waals surface area contributed by atoms with Gasteiger partial charge in [0.05, 0.1) is 18.5 Å². The van der Waals surface area contributed by atoms with E-state index in [1.807, 2.05) is 24.3 Å². The van der Waals surface area contributed by atoms with E-state index in [-0.39, 0.29) is 23.8 Å². The van der Waals surface area contributed by atoms with Crippen LogP contribution in [0.4, 0.5) is 5.69 Å². The van der Waals surface area contributed by atoms with Crippen LogP contribution in [0.5, 0.6) is 5.75 Å². The van der Waals surface area contributed by atoms with Gasteiger partial charge < -0.3 is 19.7 Å². The van der Waals surface area contributed by atoms with Crippen molar-refractivity contribution in [2.45, 2.75) is 19.3 Å². The van der Waals surface area contributed by atoms with Crippen molar-refractivity contribution < 1.29 is 24.0 Å². The molecule has 3 heterocycles. The van der Waals surface area contributed by atoms with Gasteiger partial charge in [-0.15, -0.1) is 0 Å². The molecule has 138 valence electrons. The maximum absolute atomic E-state index is 12.3. The van der Waals surface area contributed by atoms with Crippen molar-refractivity contribution in [3.8, 4) is 11.6 Å². The molecule has 0 fully saturated rings. The first kappa shape index (κ1) is 16.9. The number of carboxylic acid groups (broad SMARTS) is 1. The summed E-state index contributed by atoms with van der Waals surface area (Å²) in [5.74, 6) is 0.0783. The molecule has 0 bridgehead atoms. The van der Waals surface area contributed by atoms with Gasteiger partial charge in [-0.25, -0.2) is 4.79 Å². The van der Waals surface area contributed by atoms with Crippen molar-refractivity contribution in [1.29, 1.82) is 0 Å². The fourth-order valence-corrected chi connectivity index (χ4v) is 3.40. The first-order valence-electron chi connectivity index (χ1n) is 8.34. The first-order valence-corrected chi connectivity index (χ1v) is 8.34. The van der Waals surface area contributed by atoms with Crippen molar-refractivity contribution in [3.63, 3.8) is 0 Å². The first-order chi connectivity index (χ1) is 13.0. The number of fused-ring (bicyclic) bond motifs is 1. The van der Waals surface area contributed by atoms with Crippen LogP contribution in [0.2, 0.25) is 0 Å². The summed E-state index contributed by atoms with van der Waals surface area (Å²) < 4.78 is 12.0. The van der Waals surface area contributed by atoms with Gasteiger partial charge in [-0.2, -0.15) is 0 Å². The Balaban J connectivity index is 1.92. The predicted octanol–water partition coefficient (Wildman–Crippen LogP) is 2.95. The molecule has 27 heavy (non-hydrogen) atoms. The fourth-order valence-electron chi connectivity index (χ4n) is 3.40. The fraction of sp³-hybridized carbons (Fsp3) is 0.211. The number of carboxylic acids is 1. The topological polar surface area (TPSA) is 107 Å². The number of nitrogens with zero attached hydrogens (tertiary/aromatic N) is 2. The molecule has 1 aromatic carbocycles. The molecule has 4 rings (SSSR count). The average molecular weight is 367 g/mol. The predicted molar refractivity (Wildman–Crippen MR) is 95.6 cm³/mol. The molecule has 0 spiro atoms. The molecule has 1 atom stereocenters. The number of hydrogen-bond donors (Lipinski definition) is 2. The molecule has 0 saturated carbocycles. The number of aryl methyl sites for hydroxylation is 1. The molecule has 0 radical (unpaired) electrons. The van der Waals surface area contributed by atoms with Crippen LogP contribution in [-0.2, 0) is 4.79 Å². The van der Waals surface area contributed by atoms with E-state index in [9.17, 15) is 14.7 Å². The van der Waals surface area contributed by atoms with Gasteiger partial charge in [-0.3, -0.25) is 9.36 Å². The number of anilines is 1. The summed E-state index contributed by atoms with van der Waals surface area (Å²) in [6.45, 7) is 1.76. The molecule has 1 amide bonds. The van der Waals surface area contributed by atoms with Crippen molar-refractivity contribution in [2.75, 3.05) is 12.4 Å². The lowest BCUT2D eigenvalue weighted by atomic mass is 9.88. The van der Waals surface area contributed by atoms with Gasteiger partial charge in [-0.1, -0.05) is 17.3 Å². The molecule has 1 aliphatic heterocycles. The van der Waals surface area contributed by atoms with Crippen LogP contribution < -0.4 is 10.1 Å². The molecule has 2 aromatic heterocycles. The number of rotatable bonds is 4. The summed E-state index contributed by atoms with van der Waals surface area (Å²) in [5.41, 5.74) is 1.84. The van der Waals surface area contributed by atoms with Crippen LogP contribution >= 0.6 is 0 Å². The average Bonchev–Trinajstić information content (AvgIpc) is 3.24. The molecule has 1 aliphatic rings. The van der Waals surface area contributed by atoms with E-state index in [4.69, 9.17) is 9.26 Å². The quantitative estimate of drug-likeness (QED) is 0.734. The highest BCUT2D eigenvalue weighted by molar-refractivity contribution is 6.04. The van der Waals surface area contributed by atoms with Crippen LogP contribution in [0.3, 0.4) is 0 Å². The SMILES string of the molecule is COc1ccc(C2CC(=O)Nc3c(C(=O)O)cn(-c4cc(C)on4)c32)cc1. The smallest absolute Gasteiger partial charge is 0.339 e. The third-order valence-electron chi connectivity index (χ3n) is 4.64. The summed E-state index contributed by atoms with van der Waals surface area (Å²) in [6.07, 6.45) is 1.66. The van der Waals surface area contributed by atoms with Gasteiger partial charge in [0.15, 0.2) is 5.82 Å². The number of methoxy groups -OCH3 is 1. The van der Waals surface area contributed by atoms with Crippen LogP contribution in [-0.4, -0.2) is 33.8 Å². The molecule has 8 nitrogen and oxygen atoms in total. The minimum Gasteiger partial charge on any atom is -0.497 e. The van der Waals surface area contributed by atoms with Gasteiger partial charge in [0, 0.05) is 24.6 Å². The third kappa shape index (κ3) is 2.84. The highest BCUT2D eigenvalue weighted by Crippen LogP contribution is 2.41. The highest BCUT2D eigenvalue weighted by Gasteiger charge is 2.35. The Kier molecular flexibility index (Phi) is 3.95. The molecule has 8 heteroatoms. The van der Waals surface area contributed by atoms with Gasteiger partial charge in [0.25, 0.3) is 0 Å². The number of carbonyl (C=O) groups excluding carboxylic acids is 1. The lowest BCUT2D eigenvalue weighted by Gasteiger charge is -2.25. The van der Waals surface area contributed by atoms with E-state index in [0.29, 0.717) is 28.7 Å². The summed E-state index contributed by atoms with van der Waals surface area (Å²) in [4.78, 5) is 24.0. The van der Waals surface area contributed by atoms with E-state index in [2.05, 4.69) is 10.5 Å². The molecule has 0 aliphatic carbocycles.